The van der Waals surface area contributed by atoms with Gasteiger partial charge in [0, 0.05) is 22.3 Å². The SMILES string of the molecule is O=[N+]([O-])c1cccnc1N/N=C\c1cc(Br)ccc1OCc1ccccc1. The Bertz CT molecular complexity index is 964. The van der Waals surface area contributed by atoms with Crippen LogP contribution >= 0.6 is 15.9 Å². The number of benzene rings is 2. The Kier molecular flexibility index (Phi) is 6.11. The van der Waals surface area contributed by atoms with Crippen LogP contribution in [0.1, 0.15) is 11.1 Å². The first-order chi connectivity index (χ1) is 13.1. The van der Waals surface area contributed by atoms with Gasteiger partial charge in [-0.05, 0) is 29.8 Å². The quantitative estimate of drug-likeness (QED) is 0.333. The number of nitrogens with zero attached hydrogens (tertiary/aromatic N) is 3. The fourth-order valence-electron chi connectivity index (χ4n) is 2.28. The Labute approximate surface area is 164 Å². The fourth-order valence-corrected chi connectivity index (χ4v) is 2.66. The van der Waals surface area contributed by atoms with Gasteiger partial charge in [-0.1, -0.05) is 46.3 Å². The van der Waals surface area contributed by atoms with Crippen LogP contribution in [-0.2, 0) is 6.61 Å². The molecule has 1 aromatic heterocycles. The number of nitrogens with one attached hydrogen (secondary N) is 1. The number of pyridine rings is 1. The van der Waals surface area contributed by atoms with Crippen molar-refractivity contribution < 1.29 is 9.66 Å². The molecule has 0 atom stereocenters. The van der Waals surface area contributed by atoms with Crippen molar-refractivity contribution in [2.45, 2.75) is 6.61 Å². The number of nitro groups is 1. The van der Waals surface area contributed by atoms with Crippen LogP contribution in [0.15, 0.2) is 76.4 Å². The van der Waals surface area contributed by atoms with Gasteiger partial charge in [0.05, 0.1) is 11.1 Å². The summed E-state index contributed by atoms with van der Waals surface area (Å²) in [4.78, 5) is 14.4. The summed E-state index contributed by atoms with van der Waals surface area (Å²) in [6, 6.07) is 18.2. The molecule has 0 radical (unpaired) electrons. The summed E-state index contributed by atoms with van der Waals surface area (Å²) >= 11 is 3.42. The molecule has 0 aliphatic rings. The molecule has 1 heterocycles. The zero-order valence-corrected chi connectivity index (χ0v) is 15.7. The molecule has 0 bridgehead atoms. The summed E-state index contributed by atoms with van der Waals surface area (Å²) in [6.45, 7) is 0.419. The summed E-state index contributed by atoms with van der Waals surface area (Å²) in [5.41, 5.74) is 4.22. The molecule has 8 heteroatoms. The molecule has 7 nitrogen and oxygen atoms in total. The number of aromatic nitrogens is 1. The molecular formula is C19H15BrN4O3. The maximum Gasteiger partial charge on any atom is 0.313 e. The Balaban J connectivity index is 1.75. The van der Waals surface area contributed by atoms with E-state index in [1.165, 1.54) is 24.5 Å². The highest BCUT2D eigenvalue weighted by Crippen LogP contribution is 2.24. The molecule has 0 unspecified atom stereocenters. The predicted octanol–water partition coefficient (Wildman–Crippen LogP) is 4.78. The number of hydrogen-bond donors (Lipinski definition) is 1. The summed E-state index contributed by atoms with van der Waals surface area (Å²) in [6.07, 6.45) is 2.99. The van der Waals surface area contributed by atoms with E-state index in [1.807, 2.05) is 48.5 Å². The maximum atomic E-state index is 11.0. The van der Waals surface area contributed by atoms with E-state index < -0.39 is 4.92 Å². The third-order valence-electron chi connectivity index (χ3n) is 3.57. The van der Waals surface area contributed by atoms with E-state index in [1.54, 1.807) is 0 Å². The monoisotopic (exact) mass is 426 g/mol. The van der Waals surface area contributed by atoms with Gasteiger partial charge in [0.15, 0.2) is 0 Å². The number of hydrazone groups is 1. The van der Waals surface area contributed by atoms with E-state index in [0.717, 1.165) is 10.0 Å². The zero-order chi connectivity index (χ0) is 19.1. The Hall–Kier alpha value is -3.26. The van der Waals surface area contributed by atoms with Gasteiger partial charge in [0.25, 0.3) is 0 Å². The number of anilines is 1. The molecule has 0 aliphatic heterocycles. The van der Waals surface area contributed by atoms with E-state index in [0.29, 0.717) is 17.9 Å². The van der Waals surface area contributed by atoms with Crippen molar-refractivity contribution in [3.05, 3.63) is 92.6 Å². The highest BCUT2D eigenvalue weighted by Gasteiger charge is 2.13. The van der Waals surface area contributed by atoms with Gasteiger partial charge < -0.3 is 4.74 Å². The zero-order valence-electron chi connectivity index (χ0n) is 14.1. The third-order valence-corrected chi connectivity index (χ3v) is 4.06. The lowest BCUT2D eigenvalue weighted by Crippen LogP contribution is -2.01. The average molecular weight is 427 g/mol. The number of hydrogen-bond acceptors (Lipinski definition) is 6. The lowest BCUT2D eigenvalue weighted by atomic mass is 10.2. The molecular weight excluding hydrogens is 412 g/mol. The number of halogens is 1. The smallest absolute Gasteiger partial charge is 0.313 e. The topological polar surface area (TPSA) is 89.7 Å². The summed E-state index contributed by atoms with van der Waals surface area (Å²) < 4.78 is 6.74. The van der Waals surface area contributed by atoms with Crippen molar-refractivity contribution in [3.8, 4) is 5.75 Å². The van der Waals surface area contributed by atoms with E-state index in [4.69, 9.17) is 4.74 Å². The Morgan fingerprint density at radius 3 is 2.78 bits per heavy atom. The van der Waals surface area contributed by atoms with Crippen molar-refractivity contribution in [1.82, 2.24) is 4.98 Å². The highest BCUT2D eigenvalue weighted by molar-refractivity contribution is 9.10. The van der Waals surface area contributed by atoms with Gasteiger partial charge in [-0.25, -0.2) is 4.98 Å². The van der Waals surface area contributed by atoms with Crippen LogP contribution in [0.3, 0.4) is 0 Å². The first-order valence-corrected chi connectivity index (χ1v) is 8.77. The molecule has 2 aromatic carbocycles. The largest absolute Gasteiger partial charge is 0.488 e. The van der Waals surface area contributed by atoms with Crippen molar-refractivity contribution in [3.63, 3.8) is 0 Å². The van der Waals surface area contributed by atoms with E-state index in [9.17, 15) is 10.1 Å². The minimum atomic E-state index is -0.516. The molecule has 3 aromatic rings. The third kappa shape index (κ3) is 5.11. The molecule has 3 rings (SSSR count). The normalized spacial score (nSPS) is 10.7. The maximum absolute atomic E-state index is 11.0. The summed E-state index contributed by atoms with van der Waals surface area (Å²) in [5, 5.41) is 15.1. The highest BCUT2D eigenvalue weighted by atomic mass is 79.9. The van der Waals surface area contributed by atoms with Crippen LogP contribution in [0.5, 0.6) is 5.75 Å². The van der Waals surface area contributed by atoms with Gasteiger partial charge in [0.1, 0.15) is 12.4 Å². The molecule has 27 heavy (non-hydrogen) atoms. The van der Waals surface area contributed by atoms with Gasteiger partial charge >= 0.3 is 5.69 Å². The molecule has 0 amide bonds. The van der Waals surface area contributed by atoms with Gasteiger partial charge in [-0.15, -0.1) is 0 Å². The Morgan fingerprint density at radius 2 is 2.00 bits per heavy atom. The van der Waals surface area contributed by atoms with Crippen LogP contribution in [0.2, 0.25) is 0 Å². The Morgan fingerprint density at radius 1 is 1.19 bits per heavy atom. The minimum Gasteiger partial charge on any atom is -0.488 e. The van der Waals surface area contributed by atoms with Crippen molar-refractivity contribution >= 4 is 33.6 Å². The number of ether oxygens (including phenoxy) is 1. The second-order valence-corrected chi connectivity index (χ2v) is 6.37. The van der Waals surface area contributed by atoms with Crippen molar-refractivity contribution in [2.24, 2.45) is 5.10 Å². The van der Waals surface area contributed by atoms with Crippen LogP contribution in [0.25, 0.3) is 0 Å². The lowest BCUT2D eigenvalue weighted by molar-refractivity contribution is -0.384. The van der Waals surface area contributed by atoms with Crippen LogP contribution in [-0.4, -0.2) is 16.1 Å². The molecule has 0 spiro atoms. The molecule has 0 saturated heterocycles. The fraction of sp³-hybridized carbons (Fsp3) is 0.0526. The lowest BCUT2D eigenvalue weighted by Gasteiger charge is -2.09. The van der Waals surface area contributed by atoms with E-state index >= 15 is 0 Å². The summed E-state index contributed by atoms with van der Waals surface area (Å²) in [5.74, 6) is 0.712. The first-order valence-electron chi connectivity index (χ1n) is 7.98. The standard InChI is InChI=1S/C19H15BrN4O3/c20-16-8-9-18(27-13-14-5-2-1-3-6-14)15(11-16)12-22-23-19-17(24(25)26)7-4-10-21-19/h1-12H,13H2,(H,21,23)/b22-12-. The number of rotatable bonds is 7. The molecule has 136 valence electrons. The van der Waals surface area contributed by atoms with Crippen LogP contribution < -0.4 is 10.2 Å². The molecule has 0 aliphatic carbocycles. The van der Waals surface area contributed by atoms with E-state index in [-0.39, 0.29) is 11.5 Å². The van der Waals surface area contributed by atoms with Gasteiger partial charge in [0.2, 0.25) is 5.82 Å². The predicted molar refractivity (Wildman–Crippen MR) is 107 cm³/mol. The van der Waals surface area contributed by atoms with Gasteiger partial charge in [-0.3, -0.25) is 15.5 Å². The van der Waals surface area contributed by atoms with Crippen LogP contribution in [0, 0.1) is 10.1 Å². The van der Waals surface area contributed by atoms with Crippen molar-refractivity contribution in [2.75, 3.05) is 5.43 Å². The van der Waals surface area contributed by atoms with Gasteiger partial charge in [-0.2, -0.15) is 5.10 Å². The first kappa shape index (κ1) is 18.5. The van der Waals surface area contributed by atoms with Crippen LogP contribution in [0.4, 0.5) is 11.5 Å². The second-order valence-electron chi connectivity index (χ2n) is 5.45. The second kappa shape index (κ2) is 8.91. The summed E-state index contributed by atoms with van der Waals surface area (Å²) in [7, 11) is 0. The minimum absolute atomic E-state index is 0.0699. The average Bonchev–Trinajstić information content (AvgIpc) is 2.68. The molecule has 1 N–H and O–H groups in total. The molecule has 0 saturated carbocycles. The van der Waals surface area contributed by atoms with E-state index in [2.05, 4.69) is 31.4 Å². The molecule has 0 fully saturated rings. The van der Waals surface area contributed by atoms with Crippen molar-refractivity contribution in [1.29, 1.82) is 0 Å².